The Morgan fingerprint density at radius 3 is 2.19 bits per heavy atom. The Morgan fingerprint density at radius 2 is 1.47 bits per heavy atom. The molecule has 0 fully saturated rings. The Morgan fingerprint density at radius 1 is 0.844 bits per heavy atom. The molecule has 0 amide bonds. The van der Waals surface area contributed by atoms with Gasteiger partial charge in [-0.2, -0.15) is 0 Å². The highest BCUT2D eigenvalue weighted by molar-refractivity contribution is 5.72. The van der Waals surface area contributed by atoms with E-state index in [9.17, 15) is 24.0 Å². The molecule has 4 rings (SSSR count). The smallest absolute Gasteiger partial charge is 0.333 e. The highest BCUT2D eigenvalue weighted by atomic mass is 16.5. The molecule has 168 valence electrons. The minimum absolute atomic E-state index is 0.0867. The van der Waals surface area contributed by atoms with E-state index < -0.39 is 35.0 Å². The van der Waals surface area contributed by atoms with Crippen molar-refractivity contribution in [3.63, 3.8) is 0 Å². The highest BCUT2D eigenvalue weighted by Crippen LogP contribution is 2.06. The molecule has 4 aromatic rings. The van der Waals surface area contributed by atoms with Gasteiger partial charge in [0.25, 0.3) is 11.1 Å². The van der Waals surface area contributed by atoms with Gasteiger partial charge in [0.2, 0.25) is 0 Å². The fraction of sp³-hybridized carbons (Fsp3) is 0.389. The third-order valence-corrected chi connectivity index (χ3v) is 5.30. The minimum Gasteiger partial charge on any atom is -0.462 e. The Kier molecular flexibility index (Phi) is 4.91. The number of aryl methyl sites for hydroxylation is 3. The van der Waals surface area contributed by atoms with Gasteiger partial charge in [-0.15, -0.1) is 0 Å². The van der Waals surface area contributed by atoms with Gasteiger partial charge in [-0.1, -0.05) is 0 Å². The maximum Gasteiger partial charge on any atom is 0.333 e. The Balaban J connectivity index is 1.54. The monoisotopic (exact) mass is 444 g/mol. The molecule has 0 aliphatic heterocycles. The van der Waals surface area contributed by atoms with Crippen LogP contribution >= 0.6 is 0 Å². The number of imidazole rings is 2. The lowest BCUT2D eigenvalue weighted by molar-refractivity contribution is -0.144. The molecule has 4 aromatic heterocycles. The lowest BCUT2D eigenvalue weighted by atomic mass is 10.4. The van der Waals surface area contributed by atoms with Crippen molar-refractivity contribution in [1.29, 1.82) is 0 Å². The first kappa shape index (κ1) is 21.0. The quantitative estimate of drug-likeness (QED) is 0.305. The summed E-state index contributed by atoms with van der Waals surface area (Å²) in [5, 5.41) is 0. The molecule has 0 spiro atoms. The molecular formula is C18H20N8O6. The number of nitrogens with zero attached hydrogens (tertiary/aromatic N) is 8. The van der Waals surface area contributed by atoms with Gasteiger partial charge in [-0.05, 0) is 0 Å². The average molecular weight is 444 g/mol. The van der Waals surface area contributed by atoms with Crippen LogP contribution in [0.15, 0.2) is 31.8 Å². The van der Waals surface area contributed by atoms with Crippen LogP contribution in [0.3, 0.4) is 0 Å². The number of hydrogen-bond acceptors (Lipinski definition) is 8. The fourth-order valence-corrected chi connectivity index (χ4v) is 3.53. The second-order valence-corrected chi connectivity index (χ2v) is 7.30. The van der Waals surface area contributed by atoms with Crippen LogP contribution < -0.4 is 22.5 Å². The number of esters is 1. The summed E-state index contributed by atoms with van der Waals surface area (Å²) in [7, 11) is 5.92. The highest BCUT2D eigenvalue weighted by Gasteiger charge is 2.18. The zero-order valence-electron chi connectivity index (χ0n) is 17.8. The molecule has 0 saturated heterocycles. The van der Waals surface area contributed by atoms with E-state index in [1.807, 2.05) is 0 Å². The van der Waals surface area contributed by atoms with Gasteiger partial charge in [0.15, 0.2) is 22.3 Å². The van der Waals surface area contributed by atoms with Crippen molar-refractivity contribution in [3.05, 3.63) is 54.3 Å². The number of rotatable bonds is 5. The van der Waals surface area contributed by atoms with Crippen molar-refractivity contribution in [2.75, 3.05) is 6.61 Å². The third kappa shape index (κ3) is 3.07. The molecule has 0 saturated carbocycles. The maximum absolute atomic E-state index is 12.7. The number of fused-ring (bicyclic) bond motifs is 2. The number of ether oxygens (including phenoxy) is 1. The summed E-state index contributed by atoms with van der Waals surface area (Å²) in [6.45, 7) is -0.629. The number of aromatic nitrogens is 8. The van der Waals surface area contributed by atoms with Crippen LogP contribution in [0.5, 0.6) is 0 Å². The van der Waals surface area contributed by atoms with E-state index >= 15 is 0 Å². The van der Waals surface area contributed by atoms with Gasteiger partial charge in [0.05, 0.1) is 19.2 Å². The number of hydrogen-bond donors (Lipinski definition) is 0. The van der Waals surface area contributed by atoms with Gasteiger partial charge in [-0.3, -0.25) is 28.1 Å². The van der Waals surface area contributed by atoms with Crippen LogP contribution in [-0.2, 0) is 50.8 Å². The van der Waals surface area contributed by atoms with Crippen LogP contribution in [-0.4, -0.2) is 49.9 Å². The van der Waals surface area contributed by atoms with E-state index in [0.717, 1.165) is 9.13 Å². The molecule has 0 N–H and O–H groups in total. The molecule has 0 aliphatic carbocycles. The van der Waals surface area contributed by atoms with E-state index in [4.69, 9.17) is 4.74 Å². The third-order valence-electron chi connectivity index (χ3n) is 5.30. The van der Waals surface area contributed by atoms with Crippen LogP contribution in [0.25, 0.3) is 22.3 Å². The molecule has 0 bridgehead atoms. The summed E-state index contributed by atoms with van der Waals surface area (Å²) >= 11 is 0. The molecule has 32 heavy (non-hydrogen) atoms. The average Bonchev–Trinajstić information content (AvgIpc) is 3.36. The molecule has 0 unspecified atom stereocenters. The van der Waals surface area contributed by atoms with Crippen LogP contribution in [0.4, 0.5) is 0 Å². The predicted molar refractivity (Wildman–Crippen MR) is 111 cm³/mol. The standard InChI is InChI=1S/C18H20N8O6/c1-21-8-19-13-11(21)16(29)26(18(31)23(13)3)7-10(27)32-6-5-25-9-20-14-12(25)15(28)24(4)17(30)22(14)2/h8-9H,5-7H2,1-4H3. The maximum atomic E-state index is 12.7. The summed E-state index contributed by atoms with van der Waals surface area (Å²) < 4.78 is 12.3. The van der Waals surface area contributed by atoms with Crippen molar-refractivity contribution in [2.24, 2.45) is 28.2 Å². The summed E-state index contributed by atoms with van der Waals surface area (Å²) in [5.41, 5.74) is -1.56. The second-order valence-electron chi connectivity index (χ2n) is 7.30. The first-order chi connectivity index (χ1) is 15.1. The van der Waals surface area contributed by atoms with Crippen molar-refractivity contribution in [2.45, 2.75) is 13.1 Å². The molecule has 4 heterocycles. The zero-order valence-corrected chi connectivity index (χ0v) is 17.8. The van der Waals surface area contributed by atoms with Gasteiger partial charge in [0, 0.05) is 28.2 Å². The lowest BCUT2D eigenvalue weighted by Gasteiger charge is -2.10. The molecule has 0 atom stereocenters. The van der Waals surface area contributed by atoms with E-state index in [1.165, 1.54) is 52.1 Å². The second kappa shape index (κ2) is 7.47. The van der Waals surface area contributed by atoms with Gasteiger partial charge >= 0.3 is 17.3 Å². The molecule has 0 aliphatic rings. The summed E-state index contributed by atoms with van der Waals surface area (Å²) in [6, 6.07) is 0. The van der Waals surface area contributed by atoms with Crippen molar-refractivity contribution < 1.29 is 9.53 Å². The zero-order chi connectivity index (χ0) is 23.3. The lowest BCUT2D eigenvalue weighted by Crippen LogP contribution is -2.41. The van der Waals surface area contributed by atoms with Crippen LogP contribution in [0.2, 0.25) is 0 Å². The van der Waals surface area contributed by atoms with E-state index in [1.54, 1.807) is 7.05 Å². The molecule has 14 nitrogen and oxygen atoms in total. The van der Waals surface area contributed by atoms with Crippen molar-refractivity contribution in [1.82, 2.24) is 37.4 Å². The van der Waals surface area contributed by atoms with Crippen LogP contribution in [0, 0.1) is 0 Å². The molecule has 0 aromatic carbocycles. The van der Waals surface area contributed by atoms with Gasteiger partial charge in [-0.25, -0.2) is 24.1 Å². The fourth-order valence-electron chi connectivity index (χ4n) is 3.53. The van der Waals surface area contributed by atoms with Gasteiger partial charge in [0.1, 0.15) is 13.2 Å². The SMILES string of the molecule is Cn1c(=O)c2c(ncn2CCOC(=O)Cn2c(=O)c3c(ncn3C)n(C)c2=O)n(C)c1=O. The van der Waals surface area contributed by atoms with E-state index in [0.29, 0.717) is 0 Å². The van der Waals surface area contributed by atoms with E-state index in [-0.39, 0.29) is 35.5 Å². The van der Waals surface area contributed by atoms with Gasteiger partial charge < -0.3 is 13.9 Å². The molecule has 0 radical (unpaired) electrons. The normalized spacial score (nSPS) is 11.5. The summed E-state index contributed by atoms with van der Waals surface area (Å²) in [6.07, 6.45) is 2.78. The molecule has 14 heteroatoms. The number of carbonyl (C=O) groups excluding carboxylic acids is 1. The largest absolute Gasteiger partial charge is 0.462 e. The van der Waals surface area contributed by atoms with Crippen LogP contribution in [0.1, 0.15) is 0 Å². The minimum atomic E-state index is -0.796. The van der Waals surface area contributed by atoms with E-state index in [2.05, 4.69) is 9.97 Å². The summed E-state index contributed by atoms with van der Waals surface area (Å²) in [5.74, 6) is -0.796. The van der Waals surface area contributed by atoms with Crippen molar-refractivity contribution >= 4 is 28.3 Å². The number of carbonyl (C=O) groups is 1. The first-order valence-corrected chi connectivity index (χ1v) is 9.50. The Hall–Kier alpha value is -4.23. The first-order valence-electron chi connectivity index (χ1n) is 9.50. The topological polar surface area (TPSA) is 150 Å². The Bertz CT molecular complexity index is 1630. The summed E-state index contributed by atoms with van der Waals surface area (Å²) in [4.78, 5) is 70.0. The van der Waals surface area contributed by atoms with Crippen molar-refractivity contribution in [3.8, 4) is 0 Å². The predicted octanol–water partition coefficient (Wildman–Crippen LogP) is -2.58. The molecular weight excluding hydrogens is 424 g/mol. The Labute approximate surface area is 178 Å².